The first-order valence-corrected chi connectivity index (χ1v) is 9.62. The molecule has 4 rings (SSSR count). The van der Waals surface area contributed by atoms with Gasteiger partial charge in [0.25, 0.3) is 5.91 Å². The Labute approximate surface area is 157 Å². The molecule has 1 aliphatic heterocycles. The molecule has 0 bridgehead atoms. The fourth-order valence-corrected chi connectivity index (χ4v) is 3.74. The minimum Gasteiger partial charge on any atom is -0.367 e. The van der Waals surface area contributed by atoms with E-state index < -0.39 is 11.2 Å². The van der Waals surface area contributed by atoms with Gasteiger partial charge in [0.1, 0.15) is 11.4 Å². The quantitative estimate of drug-likeness (QED) is 0.858. The zero-order chi connectivity index (χ0) is 19.1. The lowest BCUT2D eigenvalue weighted by atomic mass is 10.1. The van der Waals surface area contributed by atoms with E-state index in [0.29, 0.717) is 23.7 Å². The summed E-state index contributed by atoms with van der Waals surface area (Å²) in [7, 11) is 0. The standard InChI is InChI=1S/C20H25FN4O2/c1-3-24-11-14(20(27)23-16-8-12(16)2)19(26)13-9-15(21)18(10-17(13)24)25-6-4-22-5-7-25/h9-12,16,22H,3-8H2,1-2H3,(H,23,27). The van der Waals surface area contributed by atoms with Crippen LogP contribution in [0.2, 0.25) is 0 Å². The van der Waals surface area contributed by atoms with E-state index in [1.807, 2.05) is 16.4 Å². The first-order chi connectivity index (χ1) is 13.0. The molecule has 0 spiro atoms. The molecule has 1 aromatic heterocycles. The summed E-state index contributed by atoms with van der Waals surface area (Å²) in [6, 6.07) is 3.16. The van der Waals surface area contributed by atoms with Crippen molar-refractivity contribution in [1.82, 2.24) is 15.2 Å². The maximum absolute atomic E-state index is 14.8. The number of aryl methyl sites for hydroxylation is 1. The third-order valence-corrected chi connectivity index (χ3v) is 5.62. The number of rotatable bonds is 4. The largest absolute Gasteiger partial charge is 0.367 e. The maximum atomic E-state index is 14.8. The molecular weight excluding hydrogens is 347 g/mol. The SMILES string of the molecule is CCn1cc(C(=O)NC2CC2C)c(=O)c2cc(F)c(N3CCNCC3)cc21. The second kappa shape index (κ2) is 6.96. The Balaban J connectivity index is 1.79. The molecule has 144 valence electrons. The lowest BCUT2D eigenvalue weighted by Crippen LogP contribution is -2.44. The average molecular weight is 372 g/mol. The molecule has 1 aliphatic carbocycles. The molecule has 1 saturated heterocycles. The number of amides is 1. The highest BCUT2D eigenvalue weighted by Gasteiger charge is 2.34. The van der Waals surface area contributed by atoms with Crippen LogP contribution < -0.4 is 21.0 Å². The van der Waals surface area contributed by atoms with Gasteiger partial charge in [0.05, 0.1) is 11.2 Å². The number of anilines is 1. The zero-order valence-electron chi connectivity index (χ0n) is 15.7. The molecule has 2 heterocycles. The molecule has 2 aromatic rings. The Morgan fingerprint density at radius 2 is 2.04 bits per heavy atom. The Morgan fingerprint density at radius 1 is 1.33 bits per heavy atom. The van der Waals surface area contributed by atoms with Gasteiger partial charge in [-0.1, -0.05) is 6.92 Å². The number of halogens is 1. The summed E-state index contributed by atoms with van der Waals surface area (Å²) in [6.45, 7) is 7.64. The van der Waals surface area contributed by atoms with Crippen molar-refractivity contribution in [3.05, 3.63) is 39.9 Å². The molecule has 2 fully saturated rings. The summed E-state index contributed by atoms with van der Waals surface area (Å²) in [5, 5.41) is 6.40. The molecule has 2 atom stereocenters. The van der Waals surface area contributed by atoms with Gasteiger partial charge in [0, 0.05) is 50.3 Å². The number of aromatic nitrogens is 1. The number of carbonyl (C=O) groups excluding carboxylic acids is 1. The molecule has 0 radical (unpaired) electrons. The first-order valence-electron chi connectivity index (χ1n) is 9.62. The second-order valence-electron chi connectivity index (χ2n) is 7.51. The third kappa shape index (κ3) is 3.32. The van der Waals surface area contributed by atoms with Gasteiger partial charge in [-0.15, -0.1) is 0 Å². The molecule has 2 N–H and O–H groups in total. The molecule has 2 unspecified atom stereocenters. The van der Waals surface area contributed by atoms with Crippen molar-refractivity contribution in [3.8, 4) is 0 Å². The number of hydrogen-bond acceptors (Lipinski definition) is 4. The van der Waals surface area contributed by atoms with E-state index in [2.05, 4.69) is 17.6 Å². The van der Waals surface area contributed by atoms with Crippen LogP contribution in [0.25, 0.3) is 10.9 Å². The number of nitrogens with zero attached hydrogens (tertiary/aromatic N) is 2. The number of piperazine rings is 1. The van der Waals surface area contributed by atoms with E-state index in [0.717, 1.165) is 32.6 Å². The maximum Gasteiger partial charge on any atom is 0.256 e. The normalized spacial score (nSPS) is 22.1. The lowest BCUT2D eigenvalue weighted by Gasteiger charge is -2.30. The van der Waals surface area contributed by atoms with Crippen LogP contribution in [0.4, 0.5) is 10.1 Å². The zero-order valence-corrected chi connectivity index (χ0v) is 15.7. The summed E-state index contributed by atoms with van der Waals surface area (Å²) in [4.78, 5) is 27.4. The van der Waals surface area contributed by atoms with Gasteiger partial charge < -0.3 is 20.1 Å². The molecule has 6 nitrogen and oxygen atoms in total. The van der Waals surface area contributed by atoms with Gasteiger partial charge in [-0.2, -0.15) is 0 Å². The Kier molecular flexibility index (Phi) is 4.63. The minimum absolute atomic E-state index is 0.0813. The van der Waals surface area contributed by atoms with Crippen molar-refractivity contribution in [3.63, 3.8) is 0 Å². The smallest absolute Gasteiger partial charge is 0.256 e. The van der Waals surface area contributed by atoms with Crippen LogP contribution >= 0.6 is 0 Å². The van der Waals surface area contributed by atoms with Crippen LogP contribution in [-0.2, 0) is 6.54 Å². The van der Waals surface area contributed by atoms with Crippen molar-refractivity contribution in [2.24, 2.45) is 5.92 Å². The molecular formula is C20H25FN4O2. The van der Waals surface area contributed by atoms with Crippen molar-refractivity contribution in [2.45, 2.75) is 32.9 Å². The monoisotopic (exact) mass is 372 g/mol. The van der Waals surface area contributed by atoms with E-state index in [4.69, 9.17) is 0 Å². The average Bonchev–Trinajstić information content (AvgIpc) is 3.37. The third-order valence-electron chi connectivity index (χ3n) is 5.62. The molecule has 1 aromatic carbocycles. The number of benzene rings is 1. The highest BCUT2D eigenvalue weighted by molar-refractivity contribution is 5.98. The molecule has 1 saturated carbocycles. The van der Waals surface area contributed by atoms with E-state index >= 15 is 0 Å². The van der Waals surface area contributed by atoms with Crippen LogP contribution in [0.1, 0.15) is 30.6 Å². The van der Waals surface area contributed by atoms with Crippen molar-refractivity contribution < 1.29 is 9.18 Å². The molecule has 1 amide bonds. The van der Waals surface area contributed by atoms with Gasteiger partial charge in [0.15, 0.2) is 0 Å². The van der Waals surface area contributed by atoms with Crippen molar-refractivity contribution in [1.29, 1.82) is 0 Å². The Bertz CT molecular complexity index is 949. The van der Waals surface area contributed by atoms with Gasteiger partial charge in [-0.25, -0.2) is 4.39 Å². The van der Waals surface area contributed by atoms with E-state index in [1.54, 1.807) is 12.3 Å². The first kappa shape index (κ1) is 18.0. The van der Waals surface area contributed by atoms with Crippen molar-refractivity contribution >= 4 is 22.5 Å². The van der Waals surface area contributed by atoms with Crippen LogP contribution in [0.3, 0.4) is 0 Å². The minimum atomic E-state index is -0.419. The van der Waals surface area contributed by atoms with E-state index in [-0.39, 0.29) is 22.9 Å². The van der Waals surface area contributed by atoms with Gasteiger partial charge in [-0.05, 0) is 31.4 Å². The fourth-order valence-electron chi connectivity index (χ4n) is 3.74. The number of fused-ring (bicyclic) bond motifs is 1. The van der Waals surface area contributed by atoms with Crippen molar-refractivity contribution in [2.75, 3.05) is 31.1 Å². The summed E-state index contributed by atoms with van der Waals surface area (Å²) in [5.41, 5.74) is 0.840. The molecule has 7 heteroatoms. The van der Waals surface area contributed by atoms with E-state index in [9.17, 15) is 14.0 Å². The number of carbonyl (C=O) groups is 1. The summed E-state index contributed by atoms with van der Waals surface area (Å²) < 4.78 is 16.7. The van der Waals surface area contributed by atoms with Gasteiger partial charge in [0.2, 0.25) is 5.43 Å². The number of nitrogens with one attached hydrogen (secondary N) is 2. The Hall–Kier alpha value is -2.41. The topological polar surface area (TPSA) is 66.4 Å². The number of hydrogen-bond donors (Lipinski definition) is 2. The highest BCUT2D eigenvalue weighted by atomic mass is 19.1. The van der Waals surface area contributed by atoms with Crippen LogP contribution in [0.5, 0.6) is 0 Å². The summed E-state index contributed by atoms with van der Waals surface area (Å²) in [6.07, 6.45) is 2.54. The van der Waals surface area contributed by atoms with Crippen LogP contribution in [0, 0.1) is 11.7 Å². The van der Waals surface area contributed by atoms with Gasteiger partial charge >= 0.3 is 0 Å². The second-order valence-corrected chi connectivity index (χ2v) is 7.51. The molecule has 27 heavy (non-hydrogen) atoms. The summed E-state index contributed by atoms with van der Waals surface area (Å²) >= 11 is 0. The number of pyridine rings is 1. The molecule has 2 aliphatic rings. The van der Waals surface area contributed by atoms with Gasteiger partial charge in [-0.3, -0.25) is 9.59 Å². The van der Waals surface area contributed by atoms with E-state index in [1.165, 1.54) is 6.07 Å². The predicted octanol–water partition coefficient (Wildman–Crippen LogP) is 1.71. The van der Waals surface area contributed by atoms with Crippen LogP contribution in [0.15, 0.2) is 23.1 Å². The van der Waals surface area contributed by atoms with Crippen LogP contribution in [-0.4, -0.2) is 42.7 Å². The highest BCUT2D eigenvalue weighted by Crippen LogP contribution is 2.29. The predicted molar refractivity (Wildman–Crippen MR) is 104 cm³/mol. The fraction of sp³-hybridized carbons (Fsp3) is 0.500. The summed E-state index contributed by atoms with van der Waals surface area (Å²) in [5.74, 6) is -0.343. The Morgan fingerprint density at radius 3 is 2.67 bits per heavy atom. The lowest BCUT2D eigenvalue weighted by molar-refractivity contribution is 0.0947.